The Morgan fingerprint density at radius 1 is 0.724 bits per heavy atom. The lowest BCUT2D eigenvalue weighted by Gasteiger charge is -2.28. The van der Waals surface area contributed by atoms with Gasteiger partial charge in [-0.25, -0.2) is 42.7 Å². The van der Waals surface area contributed by atoms with Crippen molar-refractivity contribution in [1.82, 2.24) is 34.5 Å². The van der Waals surface area contributed by atoms with Crippen molar-refractivity contribution in [2.45, 2.75) is 194 Å². The number of carboxylic acids is 1. The maximum Gasteiger partial charge on any atom is 0.411 e. The number of aliphatic carboxylic acids is 1. The maximum atomic E-state index is 14.2. The number of amides is 3. The van der Waals surface area contributed by atoms with Crippen molar-refractivity contribution in [1.29, 1.82) is 0 Å². The number of ketones is 1. The number of benzene rings is 2. The number of hydrogen-bond donors (Lipinski definition) is 2. The number of nitrogens with zero attached hydrogens (tertiary/aromatic N) is 6. The molecule has 2 aliphatic carbocycles. The topological polar surface area (TPSA) is 247 Å². The Labute approximate surface area is 517 Å². The number of carbonyl (C=O) groups is 5. The van der Waals surface area contributed by atoms with E-state index in [-0.39, 0.29) is 50.0 Å². The molecule has 19 nitrogen and oxygen atoms in total. The molecular weight excluding hydrogens is 1170 g/mol. The number of rotatable bonds is 16. The van der Waals surface area contributed by atoms with Crippen LogP contribution in [-0.2, 0) is 33.9 Å². The van der Waals surface area contributed by atoms with Gasteiger partial charge in [-0.05, 0) is 148 Å². The first-order chi connectivity index (χ1) is 40.6. The summed E-state index contributed by atoms with van der Waals surface area (Å²) in [5, 5.41) is 17.1. The molecule has 4 aromatic heterocycles. The molecule has 0 bridgehead atoms. The van der Waals surface area contributed by atoms with Gasteiger partial charge in [0.25, 0.3) is 0 Å². The monoisotopic (exact) mass is 1250 g/mol. The van der Waals surface area contributed by atoms with Crippen molar-refractivity contribution in [2.75, 3.05) is 13.1 Å². The van der Waals surface area contributed by atoms with Gasteiger partial charge < -0.3 is 24.1 Å². The van der Waals surface area contributed by atoms with E-state index < -0.39 is 79.7 Å². The van der Waals surface area contributed by atoms with Gasteiger partial charge >= 0.3 is 18.2 Å². The van der Waals surface area contributed by atoms with E-state index in [0.717, 1.165) is 65.5 Å². The van der Waals surface area contributed by atoms with E-state index in [0.29, 0.717) is 48.1 Å². The minimum Gasteiger partial charge on any atom is -0.488 e. The molecule has 4 aliphatic rings. The summed E-state index contributed by atoms with van der Waals surface area (Å²) in [5.74, 6) is -0.796. The second kappa shape index (κ2) is 24.2. The summed E-state index contributed by atoms with van der Waals surface area (Å²) in [6.07, 6.45) is 0.460. The van der Waals surface area contributed by atoms with Gasteiger partial charge in [-0.1, -0.05) is 45.9 Å². The zero-order valence-corrected chi connectivity index (χ0v) is 54.9. The summed E-state index contributed by atoms with van der Waals surface area (Å²) in [7, 11) is -3.91. The Kier molecular flexibility index (Phi) is 17.9. The number of sulfonamides is 1. The number of aryl methyl sites for hydroxylation is 4. The van der Waals surface area contributed by atoms with Crippen LogP contribution in [-0.4, -0.2) is 126 Å². The molecule has 6 heterocycles. The van der Waals surface area contributed by atoms with E-state index in [1.54, 1.807) is 54.5 Å². The quantitative estimate of drug-likeness (QED) is 0.0855. The molecule has 10 rings (SSSR count). The SMILES string of the molecule is C=C[C@@H]1C[C@]1(CC(=O)[C@@H]1C[C@@H](Oc2cc(-c3nc(C(C)C)cs3)nc3c(C)c(C)ccc23)CN1C(=O)OC(C)(C)C)C(=O)NS(=O)(=O)C1(C)CC1.Cc1ccc2c(O[C@@H]3C[C@@H](C(=O)O)N(C(=O)OC(C)(C)C)C3)cc(-c3nc(C(C)C)cs3)nc2c1C. The molecule has 466 valence electrons. The lowest BCUT2D eigenvalue weighted by Crippen LogP contribution is -2.46. The Hall–Kier alpha value is -7.04. The van der Waals surface area contributed by atoms with Crippen LogP contribution in [0.3, 0.4) is 0 Å². The van der Waals surface area contributed by atoms with Crippen molar-refractivity contribution in [3.63, 3.8) is 0 Å². The first kappa shape index (κ1) is 64.4. The number of fused-ring (bicyclic) bond motifs is 2. The molecule has 2 N–H and O–H groups in total. The predicted molar refractivity (Wildman–Crippen MR) is 337 cm³/mol. The third kappa shape index (κ3) is 13.8. The van der Waals surface area contributed by atoms with Crippen molar-refractivity contribution in [2.24, 2.45) is 11.3 Å². The maximum absolute atomic E-state index is 14.2. The number of nitrogens with one attached hydrogen (secondary N) is 1. The standard InChI is InChI=1S/C38H48N4O7S2.C27H33N3O5S/c1-10-24-17-38(24,34(44)41-51(46,47)37(9)13-14-37)18-30(43)29-15-25(19-42(29)35(45)49-36(6,7)8)48-31-16-27(33-40-28(20-50-33)21(2)3)39-32-23(5)22(4)11-12-26(31)32;1-14(2)20-13-36-24(29-20)19-11-22(18-9-8-15(3)16(4)23(18)28-19)34-17-10-21(25(31)32)30(12-17)26(33)35-27(5,6)7/h10-12,16,20-21,24-25,29H,1,13-15,17-19H2,2-9H3,(H,41,44);8-9,11,13-14,17,21H,10,12H2,1-7H3,(H,31,32)/t24-,25-,29+,38-;17-,21+/m11/s1. The number of carboxylic acid groups (broad SMARTS) is 1. The van der Waals surface area contributed by atoms with Crippen molar-refractivity contribution in [3.05, 3.63) is 93.5 Å². The fourth-order valence-electron chi connectivity index (χ4n) is 10.9. The molecule has 2 aromatic carbocycles. The van der Waals surface area contributed by atoms with Gasteiger partial charge in [-0.3, -0.25) is 24.1 Å². The van der Waals surface area contributed by atoms with Gasteiger partial charge in [0.05, 0.1) is 51.7 Å². The minimum atomic E-state index is -3.91. The van der Waals surface area contributed by atoms with Gasteiger partial charge in [0.2, 0.25) is 15.9 Å². The Morgan fingerprint density at radius 3 is 1.54 bits per heavy atom. The summed E-state index contributed by atoms with van der Waals surface area (Å²) in [6, 6.07) is 9.73. The van der Waals surface area contributed by atoms with Crippen LogP contribution in [0, 0.1) is 39.0 Å². The lowest BCUT2D eigenvalue weighted by molar-refractivity contribution is -0.142. The highest BCUT2D eigenvalue weighted by Crippen LogP contribution is 2.57. The van der Waals surface area contributed by atoms with Crippen molar-refractivity contribution < 1.29 is 56.4 Å². The smallest absolute Gasteiger partial charge is 0.411 e. The Morgan fingerprint density at radius 2 is 1.16 bits per heavy atom. The fraction of sp³-hybridized carbons (Fsp3) is 0.523. The molecule has 2 aliphatic heterocycles. The summed E-state index contributed by atoms with van der Waals surface area (Å²) in [6.45, 7) is 32.6. The number of Topliss-reactive ketones (excluding diaryl/α,β-unsaturated/α-hetero) is 1. The van der Waals surface area contributed by atoms with Gasteiger partial charge in [0.1, 0.15) is 62.4 Å². The summed E-state index contributed by atoms with van der Waals surface area (Å²) < 4.78 is 51.5. The highest BCUT2D eigenvalue weighted by atomic mass is 32.2. The van der Waals surface area contributed by atoms with Gasteiger partial charge in [0, 0.05) is 52.9 Å². The predicted octanol–water partition coefficient (Wildman–Crippen LogP) is 12.9. The van der Waals surface area contributed by atoms with Gasteiger partial charge in [0.15, 0.2) is 5.78 Å². The van der Waals surface area contributed by atoms with Crippen LogP contribution in [0.5, 0.6) is 11.5 Å². The van der Waals surface area contributed by atoms with E-state index >= 15 is 0 Å². The molecular formula is C65H81N7O12S3. The number of ether oxygens (including phenoxy) is 4. The van der Waals surface area contributed by atoms with Crippen LogP contribution in [0.25, 0.3) is 43.2 Å². The molecule has 3 amide bonds. The van der Waals surface area contributed by atoms with E-state index in [1.807, 2.05) is 74.9 Å². The second-order valence-corrected chi connectivity index (χ2v) is 30.5. The normalized spacial score (nSPS) is 21.6. The van der Waals surface area contributed by atoms with Crippen LogP contribution in [0.1, 0.15) is 160 Å². The number of hydrogen-bond acceptors (Lipinski definition) is 17. The van der Waals surface area contributed by atoms with Gasteiger partial charge in [-0.15, -0.1) is 29.3 Å². The number of pyridine rings is 2. The molecule has 6 aromatic rings. The van der Waals surface area contributed by atoms with Gasteiger partial charge in [-0.2, -0.15) is 0 Å². The summed E-state index contributed by atoms with van der Waals surface area (Å²) in [5.41, 5.74) is 6.41. The minimum absolute atomic E-state index is 0.0703. The molecule has 2 saturated heterocycles. The van der Waals surface area contributed by atoms with Crippen LogP contribution in [0.2, 0.25) is 0 Å². The van der Waals surface area contributed by atoms with Crippen LogP contribution < -0.4 is 14.2 Å². The number of carbonyl (C=O) groups excluding carboxylic acids is 4. The molecule has 22 heteroatoms. The molecule has 87 heavy (non-hydrogen) atoms. The Bertz CT molecular complexity index is 3820. The number of likely N-dealkylation sites (tertiary alicyclic amines) is 2. The lowest BCUT2D eigenvalue weighted by atomic mass is 9.91. The first-order valence-corrected chi connectivity index (χ1v) is 32.9. The molecule has 2 saturated carbocycles. The zero-order valence-electron chi connectivity index (χ0n) is 52.4. The average molecular weight is 1250 g/mol. The van der Waals surface area contributed by atoms with E-state index in [4.69, 9.17) is 38.9 Å². The molecule has 0 spiro atoms. The largest absolute Gasteiger partial charge is 0.488 e. The average Bonchev–Trinajstić information content (AvgIpc) is 1.84. The van der Waals surface area contributed by atoms with E-state index in [1.165, 1.54) is 32.5 Å². The third-order valence-corrected chi connectivity index (χ3v) is 20.7. The van der Waals surface area contributed by atoms with Crippen LogP contribution in [0.15, 0.2) is 59.8 Å². The number of allylic oxidation sites excluding steroid dienone is 1. The summed E-state index contributed by atoms with van der Waals surface area (Å²) >= 11 is 3.06. The van der Waals surface area contributed by atoms with Crippen LogP contribution >= 0.6 is 22.7 Å². The van der Waals surface area contributed by atoms with E-state index in [9.17, 15) is 37.5 Å². The molecule has 0 radical (unpaired) electrons. The van der Waals surface area contributed by atoms with Crippen LogP contribution in [0.4, 0.5) is 9.59 Å². The van der Waals surface area contributed by atoms with Crippen molar-refractivity contribution in [3.8, 4) is 32.9 Å². The Balaban J connectivity index is 0.000000220. The second-order valence-electron chi connectivity index (χ2n) is 26.6. The molecule has 0 unspecified atom stereocenters. The number of thiazole rings is 2. The highest BCUT2D eigenvalue weighted by molar-refractivity contribution is 7.91. The first-order valence-electron chi connectivity index (χ1n) is 29.6. The van der Waals surface area contributed by atoms with E-state index in [2.05, 4.69) is 39.0 Å². The number of aromatic nitrogens is 4. The third-order valence-electron chi connectivity index (χ3n) is 16.8. The highest BCUT2D eigenvalue weighted by Gasteiger charge is 2.62. The zero-order chi connectivity index (χ0) is 63.6. The van der Waals surface area contributed by atoms with Crippen molar-refractivity contribution >= 4 is 84.3 Å². The fourth-order valence-corrected chi connectivity index (χ4v) is 14.1. The molecule has 4 fully saturated rings. The molecule has 6 atom stereocenters. The summed E-state index contributed by atoms with van der Waals surface area (Å²) in [4.78, 5) is 88.3.